The summed E-state index contributed by atoms with van der Waals surface area (Å²) in [6.45, 7) is 0.0415. The van der Waals surface area contributed by atoms with Crippen LogP contribution in [-0.2, 0) is 27.5 Å². The van der Waals surface area contributed by atoms with Crippen LogP contribution in [0.1, 0.15) is 16.7 Å². The van der Waals surface area contributed by atoms with Crippen molar-refractivity contribution in [2.45, 2.75) is 17.6 Å². The highest BCUT2D eigenvalue weighted by Gasteiger charge is 2.30. The van der Waals surface area contributed by atoms with E-state index in [9.17, 15) is 21.6 Å². The van der Waals surface area contributed by atoms with Crippen LogP contribution >= 0.6 is 0 Å². The van der Waals surface area contributed by atoms with E-state index >= 15 is 0 Å². The van der Waals surface area contributed by atoms with Crippen molar-refractivity contribution in [3.63, 3.8) is 0 Å². The van der Waals surface area contributed by atoms with Gasteiger partial charge in [-0.15, -0.1) is 0 Å². The number of methoxy groups -OCH3 is 1. The van der Waals surface area contributed by atoms with Gasteiger partial charge in [0.2, 0.25) is 10.0 Å². The first-order chi connectivity index (χ1) is 12.7. The molecule has 2 aromatic rings. The molecule has 0 atom stereocenters. The van der Waals surface area contributed by atoms with Crippen molar-refractivity contribution in [2.24, 2.45) is 0 Å². The maximum Gasteiger partial charge on any atom is 0.416 e. The van der Waals surface area contributed by atoms with Crippen LogP contribution in [0.2, 0.25) is 0 Å². The maximum absolute atomic E-state index is 12.9. The molecule has 0 radical (unpaired) electrons. The lowest BCUT2D eigenvalue weighted by atomic mass is 10.1. The number of alkyl halides is 3. The molecule has 0 aromatic heterocycles. The van der Waals surface area contributed by atoms with E-state index in [1.165, 1.54) is 43.5 Å². The maximum atomic E-state index is 12.9. The number of ether oxygens (including phenoxy) is 1. The molecule has 5 nitrogen and oxygen atoms in total. The first-order valence-corrected chi connectivity index (χ1v) is 9.28. The average molecular weight is 398 g/mol. The number of benzene rings is 2. The van der Waals surface area contributed by atoms with Gasteiger partial charge in [-0.2, -0.15) is 22.7 Å². The quantitative estimate of drug-likeness (QED) is 0.717. The highest BCUT2D eigenvalue weighted by Crippen LogP contribution is 2.29. The van der Waals surface area contributed by atoms with Crippen LogP contribution < -0.4 is 0 Å². The average Bonchev–Trinajstić information content (AvgIpc) is 2.64. The second-order valence-corrected chi connectivity index (χ2v) is 7.60. The van der Waals surface area contributed by atoms with Gasteiger partial charge in [-0.1, -0.05) is 12.1 Å². The zero-order valence-corrected chi connectivity index (χ0v) is 15.2. The Morgan fingerprint density at radius 2 is 1.67 bits per heavy atom. The zero-order chi connectivity index (χ0) is 20.1. The summed E-state index contributed by atoms with van der Waals surface area (Å²) in [7, 11) is -2.49. The molecule has 0 amide bonds. The number of nitrogens with zero attached hydrogens (tertiary/aromatic N) is 2. The van der Waals surface area contributed by atoms with Gasteiger partial charge in [0.15, 0.2) is 0 Å². The Labute approximate surface area is 155 Å². The summed E-state index contributed by atoms with van der Waals surface area (Å²) in [5.74, 6) is 0. The lowest BCUT2D eigenvalue weighted by molar-refractivity contribution is -0.137. The highest BCUT2D eigenvalue weighted by atomic mass is 32.2. The van der Waals surface area contributed by atoms with Crippen LogP contribution in [0.4, 0.5) is 13.2 Å². The van der Waals surface area contributed by atoms with Crippen molar-refractivity contribution in [3.05, 3.63) is 65.2 Å². The summed E-state index contributed by atoms with van der Waals surface area (Å²) in [5.41, 5.74) is -0.0684. The summed E-state index contributed by atoms with van der Waals surface area (Å²) >= 11 is 0. The van der Waals surface area contributed by atoms with E-state index in [-0.39, 0.29) is 24.6 Å². The van der Waals surface area contributed by atoms with Gasteiger partial charge in [-0.05, 0) is 42.0 Å². The molecule has 0 aliphatic heterocycles. The molecule has 0 bridgehead atoms. The van der Waals surface area contributed by atoms with E-state index in [2.05, 4.69) is 0 Å². The molecule has 0 N–H and O–H groups in total. The smallest absolute Gasteiger partial charge is 0.383 e. The number of rotatable bonds is 7. The molecule has 9 heteroatoms. The molecule has 0 fully saturated rings. The van der Waals surface area contributed by atoms with Gasteiger partial charge in [0, 0.05) is 20.2 Å². The molecule has 0 aliphatic rings. The Balaban J connectivity index is 2.29. The molecular weight excluding hydrogens is 381 g/mol. The zero-order valence-electron chi connectivity index (χ0n) is 14.4. The fourth-order valence-electron chi connectivity index (χ4n) is 2.33. The Kier molecular flexibility index (Phi) is 6.59. The van der Waals surface area contributed by atoms with E-state index in [0.717, 1.165) is 16.4 Å². The third-order valence-electron chi connectivity index (χ3n) is 3.81. The van der Waals surface area contributed by atoms with Crippen LogP contribution in [0.25, 0.3) is 0 Å². The molecule has 2 aromatic carbocycles. The Bertz CT molecular complexity index is 903. The minimum Gasteiger partial charge on any atom is -0.383 e. The molecule has 0 saturated carbocycles. The predicted molar refractivity (Wildman–Crippen MR) is 92.1 cm³/mol. The van der Waals surface area contributed by atoms with Gasteiger partial charge in [-0.3, -0.25) is 0 Å². The van der Waals surface area contributed by atoms with Crippen molar-refractivity contribution in [1.29, 1.82) is 5.26 Å². The second kappa shape index (κ2) is 8.52. The monoisotopic (exact) mass is 398 g/mol. The second-order valence-electron chi connectivity index (χ2n) is 5.66. The Hall–Kier alpha value is -2.41. The summed E-state index contributed by atoms with van der Waals surface area (Å²) in [4.78, 5) is -0.00971. The normalized spacial score (nSPS) is 12.1. The lowest BCUT2D eigenvalue weighted by Gasteiger charge is -2.22. The van der Waals surface area contributed by atoms with Gasteiger partial charge in [0.1, 0.15) is 0 Å². The van der Waals surface area contributed by atoms with Crippen LogP contribution in [0.5, 0.6) is 0 Å². The first kappa shape index (κ1) is 20.9. The van der Waals surface area contributed by atoms with Crippen molar-refractivity contribution in [2.75, 3.05) is 20.3 Å². The molecule has 0 unspecified atom stereocenters. The van der Waals surface area contributed by atoms with Gasteiger partial charge < -0.3 is 4.74 Å². The number of nitriles is 1. The number of hydrogen-bond donors (Lipinski definition) is 0. The molecule has 0 saturated heterocycles. The van der Waals surface area contributed by atoms with Gasteiger partial charge in [-0.25, -0.2) is 8.42 Å². The van der Waals surface area contributed by atoms with Crippen molar-refractivity contribution in [3.8, 4) is 6.07 Å². The SMILES string of the molecule is COCCN(Cc1ccc(C(F)(F)F)cc1)S(=O)(=O)c1ccc(C#N)cc1. The molecule has 2 rings (SSSR count). The largest absolute Gasteiger partial charge is 0.416 e. The minimum atomic E-state index is -4.46. The minimum absolute atomic E-state index is 0.00971. The van der Waals surface area contributed by atoms with Crippen LogP contribution in [0, 0.1) is 11.3 Å². The standard InChI is InChI=1S/C18H17F3N2O3S/c1-26-11-10-23(13-15-2-6-16(7-3-15)18(19,20)21)27(24,25)17-8-4-14(12-22)5-9-17/h2-9H,10-11,13H2,1H3. The molecule has 0 spiro atoms. The highest BCUT2D eigenvalue weighted by molar-refractivity contribution is 7.89. The summed E-state index contributed by atoms with van der Waals surface area (Å²) in [6, 6.07) is 11.6. The van der Waals surface area contributed by atoms with Crippen LogP contribution in [0.15, 0.2) is 53.4 Å². The summed E-state index contributed by atoms with van der Waals surface area (Å²) < 4.78 is 69.8. The van der Waals surface area contributed by atoms with Crippen LogP contribution in [-0.4, -0.2) is 33.0 Å². The third kappa shape index (κ3) is 5.29. The predicted octanol–water partition coefficient (Wildman–Crippen LogP) is 3.41. The van der Waals surface area contributed by atoms with Crippen LogP contribution in [0.3, 0.4) is 0 Å². The van der Waals surface area contributed by atoms with Crippen molar-refractivity contribution in [1.82, 2.24) is 4.31 Å². The van der Waals surface area contributed by atoms with Crippen molar-refractivity contribution < 1.29 is 26.3 Å². The van der Waals surface area contributed by atoms with Crippen molar-refractivity contribution >= 4 is 10.0 Å². The van der Waals surface area contributed by atoms with E-state index in [1.807, 2.05) is 6.07 Å². The molecule has 0 aliphatic carbocycles. The molecule has 144 valence electrons. The molecule has 0 heterocycles. The molecular formula is C18H17F3N2O3S. The summed E-state index contributed by atoms with van der Waals surface area (Å²) in [6.07, 6.45) is -4.46. The van der Waals surface area contributed by atoms with E-state index in [0.29, 0.717) is 11.1 Å². The Morgan fingerprint density at radius 3 is 2.15 bits per heavy atom. The number of hydrogen-bond acceptors (Lipinski definition) is 4. The van der Waals surface area contributed by atoms with E-state index in [1.54, 1.807) is 0 Å². The number of halogens is 3. The number of sulfonamides is 1. The lowest BCUT2D eigenvalue weighted by Crippen LogP contribution is -2.33. The first-order valence-electron chi connectivity index (χ1n) is 7.84. The van der Waals surface area contributed by atoms with Gasteiger partial charge >= 0.3 is 6.18 Å². The molecule has 27 heavy (non-hydrogen) atoms. The fourth-order valence-corrected chi connectivity index (χ4v) is 3.74. The van der Waals surface area contributed by atoms with Gasteiger partial charge in [0.05, 0.1) is 28.7 Å². The fraction of sp³-hybridized carbons (Fsp3) is 0.278. The Morgan fingerprint density at radius 1 is 1.07 bits per heavy atom. The van der Waals surface area contributed by atoms with E-state index < -0.39 is 21.8 Å². The van der Waals surface area contributed by atoms with E-state index in [4.69, 9.17) is 10.00 Å². The third-order valence-corrected chi connectivity index (χ3v) is 5.67. The van der Waals surface area contributed by atoms with Gasteiger partial charge in [0.25, 0.3) is 0 Å². The summed E-state index contributed by atoms with van der Waals surface area (Å²) in [5, 5.41) is 8.82. The topological polar surface area (TPSA) is 70.4 Å².